The fraction of sp³-hybridized carbons (Fsp3) is 0.400. The third kappa shape index (κ3) is 4.52. The fourth-order valence-electron chi connectivity index (χ4n) is 3.34. The van der Waals surface area contributed by atoms with Crippen LogP contribution in [0.3, 0.4) is 0 Å². The van der Waals surface area contributed by atoms with Crippen molar-refractivity contribution in [2.75, 3.05) is 25.0 Å². The van der Waals surface area contributed by atoms with Crippen LogP contribution in [0.1, 0.15) is 23.5 Å². The summed E-state index contributed by atoms with van der Waals surface area (Å²) in [6.45, 7) is 5.06. The highest BCUT2D eigenvalue weighted by Crippen LogP contribution is 2.40. The molecule has 1 aliphatic rings. The van der Waals surface area contributed by atoms with Gasteiger partial charge in [0.1, 0.15) is 25.9 Å². The number of aliphatic hydroxyl groups is 1. The van der Waals surface area contributed by atoms with E-state index in [0.29, 0.717) is 16.7 Å². The Balaban J connectivity index is 1.58. The van der Waals surface area contributed by atoms with Crippen LogP contribution in [-0.2, 0) is 14.0 Å². The van der Waals surface area contributed by atoms with Crippen LogP contribution in [0.2, 0.25) is 0 Å². The molecule has 2 aromatic heterocycles. The van der Waals surface area contributed by atoms with Gasteiger partial charge in [0, 0.05) is 11.5 Å². The molecule has 1 amide bonds. The van der Waals surface area contributed by atoms with Gasteiger partial charge in [-0.2, -0.15) is 0 Å². The van der Waals surface area contributed by atoms with Crippen molar-refractivity contribution in [3.05, 3.63) is 48.5 Å². The van der Waals surface area contributed by atoms with E-state index in [4.69, 9.17) is 9.47 Å². The number of rotatable bonds is 6. The van der Waals surface area contributed by atoms with Gasteiger partial charge in [-0.3, -0.25) is 9.36 Å². The van der Waals surface area contributed by atoms with E-state index in [2.05, 4.69) is 20.3 Å². The molecule has 4 rings (SSSR count). The van der Waals surface area contributed by atoms with Gasteiger partial charge in [0.15, 0.2) is 29.5 Å². The van der Waals surface area contributed by atoms with Crippen LogP contribution in [-0.4, -0.2) is 62.6 Å². The number of benzene rings is 1. The van der Waals surface area contributed by atoms with E-state index in [-0.39, 0.29) is 24.0 Å². The summed E-state index contributed by atoms with van der Waals surface area (Å²) in [6, 6.07) is 8.76. The number of aliphatic hydroxyl groups excluding tert-OH is 1. The highest BCUT2D eigenvalue weighted by molar-refractivity contribution is 7.62. The number of amides is 1. The number of imidazole rings is 1. The molecule has 1 aromatic carbocycles. The number of carbonyl (C=O) groups is 1. The first kappa shape index (κ1) is 21.6. The second-order valence-corrected chi connectivity index (χ2v) is 11.4. The van der Waals surface area contributed by atoms with Crippen LogP contribution in [0, 0.1) is 5.92 Å². The van der Waals surface area contributed by atoms with Gasteiger partial charge < -0.3 is 24.5 Å². The molecule has 3 aromatic rings. The SMILES string of the molecule is CC1[C@@H](OCP(C)(C)=O)O[C@@H](n2cnc3c(NC(=O)c4ccccc4)ncnc32)[C@H]1O. The zero-order valence-corrected chi connectivity index (χ0v) is 18.3. The summed E-state index contributed by atoms with van der Waals surface area (Å²) >= 11 is 0. The standard InChI is InChI=1S/C20H24N5O5P/c1-12-15(26)19(30-20(12)29-11-31(2,3)28)25-10-23-14-16(21-9-22-17(14)25)24-18(27)13-7-5-4-6-8-13/h4-10,12,15,19-20,26H,11H2,1-3H3,(H,21,22,24,27)/t12?,15-,19+,20-/m0/s1. The number of nitrogens with zero attached hydrogens (tertiary/aromatic N) is 4. The number of fused-ring (bicyclic) bond motifs is 1. The first-order valence-corrected chi connectivity index (χ1v) is 12.6. The number of hydrogen-bond donors (Lipinski definition) is 2. The molecule has 2 N–H and O–H groups in total. The van der Waals surface area contributed by atoms with Crippen molar-refractivity contribution in [2.45, 2.75) is 25.5 Å². The van der Waals surface area contributed by atoms with E-state index < -0.39 is 25.8 Å². The zero-order chi connectivity index (χ0) is 22.2. The number of carbonyl (C=O) groups excluding carboxylic acids is 1. The van der Waals surface area contributed by atoms with Gasteiger partial charge in [-0.25, -0.2) is 15.0 Å². The average molecular weight is 445 g/mol. The number of aromatic nitrogens is 4. The Morgan fingerprint density at radius 2 is 2.00 bits per heavy atom. The van der Waals surface area contributed by atoms with Gasteiger partial charge in [-0.05, 0) is 25.5 Å². The molecular formula is C20H24N5O5P. The van der Waals surface area contributed by atoms with Crippen molar-refractivity contribution >= 4 is 30.0 Å². The normalized spacial score (nSPS) is 23.9. The smallest absolute Gasteiger partial charge is 0.256 e. The van der Waals surface area contributed by atoms with Crippen molar-refractivity contribution in [1.29, 1.82) is 0 Å². The maximum atomic E-state index is 12.5. The first-order valence-electron chi connectivity index (χ1n) is 9.77. The molecule has 164 valence electrons. The van der Waals surface area contributed by atoms with E-state index in [1.807, 2.05) is 6.07 Å². The summed E-state index contributed by atoms with van der Waals surface area (Å²) in [5, 5.41) is 13.5. The molecule has 1 aliphatic heterocycles. The molecule has 0 aliphatic carbocycles. The Hall–Kier alpha value is -2.65. The summed E-state index contributed by atoms with van der Waals surface area (Å²) in [5.74, 6) is -0.421. The van der Waals surface area contributed by atoms with Crippen LogP contribution in [0.15, 0.2) is 43.0 Å². The maximum absolute atomic E-state index is 12.5. The molecule has 1 fully saturated rings. The van der Waals surface area contributed by atoms with Crippen molar-refractivity contribution in [3.63, 3.8) is 0 Å². The molecule has 11 heteroatoms. The van der Waals surface area contributed by atoms with E-state index in [0.717, 1.165) is 0 Å². The summed E-state index contributed by atoms with van der Waals surface area (Å²) in [4.78, 5) is 25.2. The summed E-state index contributed by atoms with van der Waals surface area (Å²) in [7, 11) is -2.39. The Bertz CT molecular complexity index is 1130. The lowest BCUT2D eigenvalue weighted by molar-refractivity contribution is -0.152. The highest BCUT2D eigenvalue weighted by Gasteiger charge is 2.43. The van der Waals surface area contributed by atoms with Gasteiger partial charge in [0.2, 0.25) is 0 Å². The lowest BCUT2D eigenvalue weighted by Gasteiger charge is -2.17. The summed E-state index contributed by atoms with van der Waals surface area (Å²) in [5.41, 5.74) is 1.25. The fourth-order valence-corrected chi connectivity index (χ4v) is 3.84. The van der Waals surface area contributed by atoms with Crippen LogP contribution < -0.4 is 5.32 Å². The lowest BCUT2D eigenvalue weighted by Crippen LogP contribution is -2.25. The Morgan fingerprint density at radius 1 is 1.26 bits per heavy atom. The molecule has 1 saturated heterocycles. The van der Waals surface area contributed by atoms with Crippen LogP contribution in [0.4, 0.5) is 5.82 Å². The van der Waals surface area contributed by atoms with E-state index in [1.165, 1.54) is 12.7 Å². The molecule has 0 bridgehead atoms. The number of nitrogens with one attached hydrogen (secondary N) is 1. The maximum Gasteiger partial charge on any atom is 0.256 e. The minimum absolute atomic E-state index is 0.0595. The second-order valence-electron chi connectivity index (χ2n) is 7.98. The Morgan fingerprint density at radius 3 is 2.71 bits per heavy atom. The van der Waals surface area contributed by atoms with Gasteiger partial charge in [0.05, 0.1) is 6.33 Å². The highest BCUT2D eigenvalue weighted by atomic mass is 31.2. The molecular weight excluding hydrogens is 421 g/mol. The molecule has 0 spiro atoms. The van der Waals surface area contributed by atoms with Crippen molar-refractivity contribution in [3.8, 4) is 0 Å². The first-order chi connectivity index (χ1) is 14.7. The Labute approximate surface area is 179 Å². The Kier molecular flexibility index (Phi) is 5.90. The van der Waals surface area contributed by atoms with Gasteiger partial charge in [-0.15, -0.1) is 0 Å². The predicted octanol–water partition coefficient (Wildman–Crippen LogP) is 2.53. The van der Waals surface area contributed by atoms with Crippen molar-refractivity contribution < 1.29 is 23.9 Å². The van der Waals surface area contributed by atoms with Crippen LogP contribution in [0.5, 0.6) is 0 Å². The van der Waals surface area contributed by atoms with E-state index in [9.17, 15) is 14.5 Å². The third-order valence-electron chi connectivity index (χ3n) is 4.98. The number of hydrogen-bond acceptors (Lipinski definition) is 8. The van der Waals surface area contributed by atoms with Crippen molar-refractivity contribution in [1.82, 2.24) is 19.5 Å². The second kappa shape index (κ2) is 8.47. The minimum atomic E-state index is -2.39. The largest absolute Gasteiger partial charge is 0.388 e. The van der Waals surface area contributed by atoms with E-state index >= 15 is 0 Å². The predicted molar refractivity (Wildman–Crippen MR) is 114 cm³/mol. The monoisotopic (exact) mass is 445 g/mol. The molecule has 0 saturated carbocycles. The molecule has 4 atom stereocenters. The zero-order valence-electron chi connectivity index (χ0n) is 17.4. The molecule has 1 unspecified atom stereocenters. The van der Waals surface area contributed by atoms with Gasteiger partial charge >= 0.3 is 0 Å². The van der Waals surface area contributed by atoms with Crippen LogP contribution >= 0.6 is 7.14 Å². The quantitative estimate of drug-likeness (QED) is 0.554. The van der Waals surface area contributed by atoms with Gasteiger partial charge in [0.25, 0.3) is 5.91 Å². The molecule has 0 radical (unpaired) electrons. The summed E-state index contributed by atoms with van der Waals surface area (Å²) < 4.78 is 25.1. The molecule has 31 heavy (non-hydrogen) atoms. The average Bonchev–Trinajstić information content (AvgIpc) is 3.29. The topological polar surface area (TPSA) is 128 Å². The summed E-state index contributed by atoms with van der Waals surface area (Å²) in [6.07, 6.45) is 0.433. The number of ether oxygens (including phenoxy) is 2. The minimum Gasteiger partial charge on any atom is -0.388 e. The lowest BCUT2D eigenvalue weighted by atomic mass is 10.1. The third-order valence-corrected chi connectivity index (χ3v) is 5.76. The van der Waals surface area contributed by atoms with Crippen molar-refractivity contribution in [2.24, 2.45) is 5.92 Å². The molecule has 10 nitrogen and oxygen atoms in total. The van der Waals surface area contributed by atoms with E-state index in [1.54, 1.807) is 49.1 Å². The van der Waals surface area contributed by atoms with Crippen LogP contribution in [0.25, 0.3) is 11.2 Å². The van der Waals surface area contributed by atoms with Gasteiger partial charge in [-0.1, -0.05) is 25.1 Å². The number of anilines is 1. The molecule has 3 heterocycles.